The van der Waals surface area contributed by atoms with Crippen molar-refractivity contribution in [2.75, 3.05) is 26.4 Å². The highest BCUT2D eigenvalue weighted by atomic mass is 28.4. The third kappa shape index (κ3) is 12.5. The standard InChI is InChI=1S/C18H39NO5Si/c1-5-9-12-17(20)13-10-14-18(21)19-15-11-16-25(22-6-2,23-7-3)24-8-4/h17,20H,5-16H2,1-4H3,(H,19,21). The summed E-state index contributed by atoms with van der Waals surface area (Å²) in [5.41, 5.74) is 0. The Bertz CT molecular complexity index is 314. The second-order valence-corrected chi connectivity index (χ2v) is 8.86. The fraction of sp³-hybridized carbons (Fsp3) is 0.944. The summed E-state index contributed by atoms with van der Waals surface area (Å²) in [6.45, 7) is 10.2. The Morgan fingerprint density at radius 1 is 0.960 bits per heavy atom. The van der Waals surface area contributed by atoms with Gasteiger partial charge in [-0.1, -0.05) is 19.8 Å². The van der Waals surface area contributed by atoms with Crippen LogP contribution in [-0.4, -0.2) is 52.3 Å². The van der Waals surface area contributed by atoms with Gasteiger partial charge in [-0.15, -0.1) is 0 Å². The molecule has 0 bridgehead atoms. The molecule has 1 unspecified atom stereocenters. The molecule has 0 aromatic heterocycles. The molecule has 0 spiro atoms. The van der Waals surface area contributed by atoms with E-state index in [0.29, 0.717) is 45.3 Å². The van der Waals surface area contributed by atoms with Gasteiger partial charge in [-0.3, -0.25) is 4.79 Å². The van der Waals surface area contributed by atoms with E-state index < -0.39 is 8.80 Å². The topological polar surface area (TPSA) is 77.0 Å². The molecule has 6 nitrogen and oxygen atoms in total. The number of unbranched alkanes of at least 4 members (excludes halogenated alkanes) is 1. The quantitative estimate of drug-likeness (QED) is 0.300. The van der Waals surface area contributed by atoms with E-state index in [9.17, 15) is 9.90 Å². The van der Waals surface area contributed by atoms with Gasteiger partial charge < -0.3 is 23.7 Å². The second kappa shape index (κ2) is 15.8. The third-order valence-corrected chi connectivity index (χ3v) is 7.06. The smallest absolute Gasteiger partial charge is 0.393 e. The fourth-order valence-corrected chi connectivity index (χ4v) is 5.32. The summed E-state index contributed by atoms with van der Waals surface area (Å²) < 4.78 is 17.4. The molecular weight excluding hydrogens is 338 g/mol. The predicted molar refractivity (Wildman–Crippen MR) is 102 cm³/mol. The van der Waals surface area contributed by atoms with Crippen molar-refractivity contribution in [1.29, 1.82) is 0 Å². The fourth-order valence-electron chi connectivity index (χ4n) is 2.70. The van der Waals surface area contributed by atoms with Crippen LogP contribution >= 0.6 is 0 Å². The molecule has 0 heterocycles. The molecule has 0 saturated heterocycles. The van der Waals surface area contributed by atoms with E-state index in [4.69, 9.17) is 13.3 Å². The van der Waals surface area contributed by atoms with E-state index in [1.165, 1.54) is 0 Å². The predicted octanol–water partition coefficient (Wildman–Crippen LogP) is 3.26. The molecule has 0 aliphatic rings. The molecule has 0 fully saturated rings. The first-order valence-corrected chi connectivity index (χ1v) is 11.8. The summed E-state index contributed by atoms with van der Waals surface area (Å²) in [6.07, 6.45) is 5.35. The zero-order valence-corrected chi connectivity index (χ0v) is 17.6. The first-order chi connectivity index (χ1) is 12.0. The number of hydrogen-bond acceptors (Lipinski definition) is 5. The van der Waals surface area contributed by atoms with Crippen molar-refractivity contribution in [3.8, 4) is 0 Å². The van der Waals surface area contributed by atoms with Gasteiger partial charge in [0.25, 0.3) is 0 Å². The van der Waals surface area contributed by atoms with E-state index in [1.54, 1.807) is 0 Å². The Kier molecular flexibility index (Phi) is 15.5. The number of amides is 1. The highest BCUT2D eigenvalue weighted by Crippen LogP contribution is 2.17. The van der Waals surface area contributed by atoms with Gasteiger partial charge in [-0.2, -0.15) is 0 Å². The zero-order valence-electron chi connectivity index (χ0n) is 16.6. The lowest BCUT2D eigenvalue weighted by molar-refractivity contribution is -0.121. The monoisotopic (exact) mass is 377 g/mol. The van der Waals surface area contributed by atoms with Crippen LogP contribution in [0, 0.1) is 0 Å². The Labute approximate surface area is 155 Å². The van der Waals surface area contributed by atoms with Crippen molar-refractivity contribution < 1.29 is 23.2 Å². The summed E-state index contributed by atoms with van der Waals surface area (Å²) in [6, 6.07) is 0.707. The Morgan fingerprint density at radius 3 is 2.04 bits per heavy atom. The molecule has 1 amide bonds. The molecule has 0 aromatic carbocycles. The summed E-state index contributed by atoms with van der Waals surface area (Å²) in [5.74, 6) is 0.0409. The molecule has 0 saturated carbocycles. The third-order valence-electron chi connectivity index (χ3n) is 3.91. The normalized spacial score (nSPS) is 13.0. The van der Waals surface area contributed by atoms with Gasteiger partial charge >= 0.3 is 8.80 Å². The van der Waals surface area contributed by atoms with Crippen molar-refractivity contribution in [2.24, 2.45) is 0 Å². The van der Waals surface area contributed by atoms with E-state index in [0.717, 1.165) is 32.1 Å². The molecule has 0 radical (unpaired) electrons. The number of aliphatic hydroxyl groups is 1. The van der Waals surface area contributed by atoms with Crippen LogP contribution in [0.15, 0.2) is 0 Å². The largest absolute Gasteiger partial charge is 0.500 e. The van der Waals surface area contributed by atoms with E-state index in [-0.39, 0.29) is 12.0 Å². The first kappa shape index (κ1) is 24.5. The maximum Gasteiger partial charge on any atom is 0.500 e. The Balaban J connectivity index is 3.97. The first-order valence-electron chi connectivity index (χ1n) is 9.90. The maximum absolute atomic E-state index is 11.9. The zero-order chi connectivity index (χ0) is 19.0. The van der Waals surface area contributed by atoms with Crippen LogP contribution < -0.4 is 5.32 Å². The van der Waals surface area contributed by atoms with Crippen LogP contribution in [-0.2, 0) is 18.1 Å². The number of carbonyl (C=O) groups excluding carboxylic acids is 1. The van der Waals surface area contributed by atoms with Crippen LogP contribution in [0.4, 0.5) is 0 Å². The van der Waals surface area contributed by atoms with Crippen molar-refractivity contribution in [1.82, 2.24) is 5.32 Å². The molecule has 2 N–H and O–H groups in total. The summed E-state index contributed by atoms with van der Waals surface area (Å²) in [4.78, 5) is 11.9. The lowest BCUT2D eigenvalue weighted by Crippen LogP contribution is -2.46. The van der Waals surface area contributed by atoms with Crippen molar-refractivity contribution in [3.63, 3.8) is 0 Å². The van der Waals surface area contributed by atoms with Gasteiger partial charge in [0.15, 0.2) is 0 Å². The van der Waals surface area contributed by atoms with Crippen LogP contribution in [0.5, 0.6) is 0 Å². The molecule has 0 aliphatic heterocycles. The minimum Gasteiger partial charge on any atom is -0.393 e. The van der Waals surface area contributed by atoms with Crippen molar-refractivity contribution in [3.05, 3.63) is 0 Å². The average Bonchev–Trinajstić information content (AvgIpc) is 2.57. The Morgan fingerprint density at radius 2 is 1.52 bits per heavy atom. The molecule has 25 heavy (non-hydrogen) atoms. The van der Waals surface area contributed by atoms with Crippen LogP contribution in [0.2, 0.25) is 6.04 Å². The van der Waals surface area contributed by atoms with Gasteiger partial charge in [-0.05, 0) is 46.5 Å². The minimum atomic E-state index is -2.61. The highest BCUT2D eigenvalue weighted by Gasteiger charge is 2.39. The van der Waals surface area contributed by atoms with E-state index in [2.05, 4.69) is 12.2 Å². The number of rotatable bonds is 17. The number of nitrogens with one attached hydrogen (secondary N) is 1. The van der Waals surface area contributed by atoms with Gasteiger partial charge in [0.1, 0.15) is 0 Å². The van der Waals surface area contributed by atoms with Gasteiger partial charge in [-0.25, -0.2) is 0 Å². The second-order valence-electron chi connectivity index (χ2n) is 6.12. The Hall–Kier alpha value is -0.473. The summed E-state index contributed by atoms with van der Waals surface area (Å²) >= 11 is 0. The SMILES string of the molecule is CCCCC(O)CCCC(=O)NCCC[Si](OCC)(OCC)OCC. The minimum absolute atomic E-state index is 0.0409. The molecule has 0 rings (SSSR count). The highest BCUT2D eigenvalue weighted by molar-refractivity contribution is 6.60. The average molecular weight is 378 g/mol. The van der Waals surface area contributed by atoms with Crippen molar-refractivity contribution in [2.45, 2.75) is 84.8 Å². The molecule has 0 aromatic rings. The molecular formula is C18H39NO5Si. The van der Waals surface area contributed by atoms with E-state index in [1.807, 2.05) is 20.8 Å². The molecule has 7 heteroatoms. The molecule has 0 aliphatic carbocycles. The number of carbonyl (C=O) groups is 1. The van der Waals surface area contributed by atoms with Crippen LogP contribution in [0.3, 0.4) is 0 Å². The number of hydrogen-bond donors (Lipinski definition) is 2. The van der Waals surface area contributed by atoms with Gasteiger partial charge in [0.2, 0.25) is 5.91 Å². The summed E-state index contributed by atoms with van der Waals surface area (Å²) in [5, 5.41) is 12.7. The van der Waals surface area contributed by atoms with Crippen molar-refractivity contribution >= 4 is 14.7 Å². The lowest BCUT2D eigenvalue weighted by atomic mass is 10.1. The molecule has 150 valence electrons. The number of aliphatic hydroxyl groups excluding tert-OH is 1. The van der Waals surface area contributed by atoms with E-state index >= 15 is 0 Å². The maximum atomic E-state index is 11.9. The summed E-state index contributed by atoms with van der Waals surface area (Å²) in [7, 11) is -2.61. The lowest BCUT2D eigenvalue weighted by Gasteiger charge is -2.28. The van der Waals surface area contributed by atoms with Crippen LogP contribution in [0.1, 0.15) is 72.6 Å². The molecule has 1 atom stereocenters. The van der Waals surface area contributed by atoms with Gasteiger partial charge in [0.05, 0.1) is 6.10 Å². The van der Waals surface area contributed by atoms with Crippen LogP contribution in [0.25, 0.3) is 0 Å². The van der Waals surface area contributed by atoms with Gasteiger partial charge in [0, 0.05) is 38.8 Å².